The molecule has 3 aromatic heterocycles. The predicted molar refractivity (Wildman–Crippen MR) is 206 cm³/mol. The van der Waals surface area contributed by atoms with Crippen molar-refractivity contribution in [1.29, 1.82) is 0 Å². The van der Waals surface area contributed by atoms with Gasteiger partial charge in [0.1, 0.15) is 5.82 Å². The van der Waals surface area contributed by atoms with Crippen molar-refractivity contribution in [3.63, 3.8) is 0 Å². The fourth-order valence-corrected chi connectivity index (χ4v) is 7.70. The van der Waals surface area contributed by atoms with Gasteiger partial charge in [-0.25, -0.2) is 4.98 Å². The van der Waals surface area contributed by atoms with Gasteiger partial charge >= 0.3 is 0 Å². The monoisotopic (exact) mass is 651 g/mol. The van der Waals surface area contributed by atoms with Crippen molar-refractivity contribution in [2.75, 3.05) is 5.75 Å². The Hall–Kier alpha value is -5.72. The summed E-state index contributed by atoms with van der Waals surface area (Å²) in [6.07, 6.45) is 0. The van der Waals surface area contributed by atoms with Crippen LogP contribution in [0.2, 0.25) is 0 Å². The molecular weight excluding hydrogens is 619 g/mol. The van der Waals surface area contributed by atoms with E-state index in [4.69, 9.17) is 15.0 Å². The van der Waals surface area contributed by atoms with E-state index in [1.54, 1.807) is 0 Å². The van der Waals surface area contributed by atoms with Crippen LogP contribution < -0.4 is 0 Å². The summed E-state index contributed by atoms with van der Waals surface area (Å²) in [6, 6.07) is 49.8. The van der Waals surface area contributed by atoms with Crippen molar-refractivity contribution < 1.29 is 0 Å². The van der Waals surface area contributed by atoms with Crippen molar-refractivity contribution in [3.05, 3.63) is 151 Å². The number of aromatic nitrogens is 5. The SMILES string of the molecule is CCSCc1ccc2c3ccccc3n(-c3nc(C)nc(-c4cccc(-c5ccc6c(c5)c5ccccc5n6-c5ccccc5)c4)n3)c2c1. The molecule has 0 saturated heterocycles. The first-order valence-corrected chi connectivity index (χ1v) is 17.8. The van der Waals surface area contributed by atoms with Gasteiger partial charge < -0.3 is 4.57 Å². The molecular formula is C43H33N5S. The molecule has 0 unspecified atom stereocenters. The minimum absolute atomic E-state index is 0.634. The minimum atomic E-state index is 0.634. The van der Waals surface area contributed by atoms with Gasteiger partial charge in [0.15, 0.2) is 5.82 Å². The fraction of sp³-hybridized carbons (Fsp3) is 0.0930. The standard InChI is InChI=1S/C43H33N5S/c1-3-49-27-29-20-22-36-34-16-7-10-19-39(34)48(41(36)24-29)43-45-28(2)44-42(46-43)32-13-11-12-30(25-32)31-21-23-40-37(26-31)35-17-8-9-18-38(35)47(40)33-14-5-4-6-15-33/h4-26H,3,27H2,1-2H3. The molecule has 0 aliphatic carbocycles. The van der Waals surface area contributed by atoms with E-state index in [1.807, 2.05) is 18.7 Å². The molecule has 0 amide bonds. The Morgan fingerprint density at radius 1 is 0.510 bits per heavy atom. The summed E-state index contributed by atoms with van der Waals surface area (Å²) in [5.41, 5.74) is 10.3. The molecule has 0 bridgehead atoms. The lowest BCUT2D eigenvalue weighted by atomic mass is 10.0. The van der Waals surface area contributed by atoms with Gasteiger partial charge in [-0.15, -0.1) is 0 Å². The van der Waals surface area contributed by atoms with Crippen LogP contribution >= 0.6 is 11.8 Å². The summed E-state index contributed by atoms with van der Waals surface area (Å²) >= 11 is 1.93. The number of aryl methyl sites for hydroxylation is 1. The number of rotatable bonds is 7. The lowest BCUT2D eigenvalue weighted by Crippen LogP contribution is -2.06. The zero-order chi connectivity index (χ0) is 32.9. The Morgan fingerprint density at radius 2 is 1.18 bits per heavy atom. The smallest absolute Gasteiger partial charge is 0.238 e. The predicted octanol–water partition coefficient (Wildman–Crippen LogP) is 11.0. The molecule has 49 heavy (non-hydrogen) atoms. The van der Waals surface area contributed by atoms with Crippen molar-refractivity contribution in [3.8, 4) is 34.2 Å². The number of benzene rings is 6. The second-order valence-electron chi connectivity index (χ2n) is 12.3. The highest BCUT2D eigenvalue weighted by Gasteiger charge is 2.18. The van der Waals surface area contributed by atoms with Crippen molar-refractivity contribution in [1.82, 2.24) is 24.1 Å². The van der Waals surface area contributed by atoms with Crippen molar-refractivity contribution in [2.45, 2.75) is 19.6 Å². The molecule has 6 aromatic carbocycles. The summed E-state index contributed by atoms with van der Waals surface area (Å²) in [6.45, 7) is 4.15. The second kappa shape index (κ2) is 12.1. The van der Waals surface area contributed by atoms with Crippen LogP contribution in [0.3, 0.4) is 0 Å². The lowest BCUT2D eigenvalue weighted by molar-refractivity contribution is 0.907. The molecule has 6 heteroatoms. The highest BCUT2D eigenvalue weighted by atomic mass is 32.2. The number of fused-ring (bicyclic) bond motifs is 6. The zero-order valence-electron chi connectivity index (χ0n) is 27.3. The number of thioether (sulfide) groups is 1. The second-order valence-corrected chi connectivity index (χ2v) is 13.6. The molecule has 9 rings (SSSR count). The van der Waals surface area contributed by atoms with Crippen LogP contribution in [0, 0.1) is 6.92 Å². The summed E-state index contributed by atoms with van der Waals surface area (Å²) < 4.78 is 4.55. The van der Waals surface area contributed by atoms with Gasteiger partial charge in [-0.1, -0.05) is 97.9 Å². The molecule has 0 saturated carbocycles. The summed E-state index contributed by atoms with van der Waals surface area (Å²) in [5, 5.41) is 4.85. The van der Waals surface area contributed by atoms with Crippen molar-refractivity contribution in [2.24, 2.45) is 0 Å². The molecule has 9 aromatic rings. The van der Waals surface area contributed by atoms with Gasteiger partial charge in [0.2, 0.25) is 5.95 Å². The van der Waals surface area contributed by atoms with Gasteiger partial charge in [0.25, 0.3) is 0 Å². The number of hydrogen-bond donors (Lipinski definition) is 0. The lowest BCUT2D eigenvalue weighted by Gasteiger charge is -2.11. The van der Waals surface area contributed by atoms with E-state index in [9.17, 15) is 0 Å². The Morgan fingerprint density at radius 3 is 2.00 bits per heavy atom. The Labute approximate surface area is 288 Å². The first-order chi connectivity index (χ1) is 24.2. The molecule has 0 atom stereocenters. The Balaban J connectivity index is 1.16. The van der Waals surface area contributed by atoms with Crippen LogP contribution in [0.25, 0.3) is 77.8 Å². The van der Waals surface area contributed by atoms with Crippen molar-refractivity contribution >= 4 is 55.4 Å². The molecule has 0 aliphatic rings. The largest absolute Gasteiger partial charge is 0.309 e. The minimum Gasteiger partial charge on any atom is -0.309 e. The van der Waals surface area contributed by atoms with Gasteiger partial charge in [-0.3, -0.25) is 4.57 Å². The van der Waals surface area contributed by atoms with E-state index in [0.29, 0.717) is 17.6 Å². The number of para-hydroxylation sites is 3. The quantitative estimate of drug-likeness (QED) is 0.172. The zero-order valence-corrected chi connectivity index (χ0v) is 28.2. The van der Waals surface area contributed by atoms with Gasteiger partial charge in [-0.2, -0.15) is 21.7 Å². The normalized spacial score (nSPS) is 11.7. The maximum absolute atomic E-state index is 5.13. The summed E-state index contributed by atoms with van der Waals surface area (Å²) in [5.74, 6) is 4.04. The highest BCUT2D eigenvalue weighted by Crippen LogP contribution is 2.36. The summed E-state index contributed by atoms with van der Waals surface area (Å²) in [7, 11) is 0. The van der Waals surface area contributed by atoms with Gasteiger partial charge in [0, 0.05) is 38.5 Å². The van der Waals surface area contributed by atoms with Crippen LogP contribution in [0.15, 0.2) is 140 Å². The van der Waals surface area contributed by atoms with Crippen LogP contribution in [0.4, 0.5) is 0 Å². The molecule has 0 spiro atoms. The highest BCUT2D eigenvalue weighted by molar-refractivity contribution is 7.98. The van der Waals surface area contributed by atoms with E-state index in [2.05, 4.69) is 156 Å². The number of nitrogens with zero attached hydrogens (tertiary/aromatic N) is 5. The third-order valence-electron chi connectivity index (χ3n) is 9.29. The Kier molecular flexibility index (Phi) is 7.24. The van der Waals surface area contributed by atoms with Gasteiger partial charge in [0.05, 0.1) is 22.1 Å². The van der Waals surface area contributed by atoms with Crippen LogP contribution in [-0.4, -0.2) is 29.8 Å². The van der Waals surface area contributed by atoms with Crippen LogP contribution in [0.5, 0.6) is 0 Å². The molecule has 236 valence electrons. The molecule has 0 fully saturated rings. The Bertz CT molecular complexity index is 2670. The average Bonchev–Trinajstić information content (AvgIpc) is 3.66. The summed E-state index contributed by atoms with van der Waals surface area (Å²) in [4.78, 5) is 14.9. The fourth-order valence-electron chi connectivity index (χ4n) is 7.08. The maximum Gasteiger partial charge on any atom is 0.238 e. The molecule has 0 aliphatic heterocycles. The third kappa shape index (κ3) is 5.07. The molecule has 0 radical (unpaired) electrons. The first-order valence-electron chi connectivity index (χ1n) is 16.7. The maximum atomic E-state index is 5.13. The molecule has 5 nitrogen and oxygen atoms in total. The molecule has 0 N–H and O–H groups in total. The van der Waals surface area contributed by atoms with Crippen LogP contribution in [-0.2, 0) is 5.75 Å². The van der Waals surface area contributed by atoms with Gasteiger partial charge in [-0.05, 0) is 77.9 Å². The van der Waals surface area contributed by atoms with E-state index >= 15 is 0 Å². The first kappa shape index (κ1) is 29.4. The van der Waals surface area contributed by atoms with E-state index < -0.39 is 0 Å². The van der Waals surface area contributed by atoms with E-state index in [-0.39, 0.29) is 0 Å². The van der Waals surface area contributed by atoms with E-state index in [0.717, 1.165) is 44.9 Å². The van der Waals surface area contributed by atoms with Crippen LogP contribution in [0.1, 0.15) is 18.3 Å². The molecule has 3 heterocycles. The topological polar surface area (TPSA) is 48.5 Å². The third-order valence-corrected chi connectivity index (χ3v) is 10.2. The average molecular weight is 652 g/mol. The number of hydrogen-bond acceptors (Lipinski definition) is 4. The van der Waals surface area contributed by atoms with E-state index in [1.165, 1.54) is 38.1 Å².